The van der Waals surface area contributed by atoms with Crippen LogP contribution in [0.15, 0.2) is 6.07 Å². The van der Waals surface area contributed by atoms with Crippen molar-refractivity contribution in [3.63, 3.8) is 0 Å². The third kappa shape index (κ3) is 3.70. The van der Waals surface area contributed by atoms with E-state index in [0.29, 0.717) is 31.9 Å². The summed E-state index contributed by atoms with van der Waals surface area (Å²) in [6, 6.07) is 1.85. The molecule has 0 atom stereocenters. The molecular weight excluding hydrogens is 449 g/mol. The summed E-state index contributed by atoms with van der Waals surface area (Å²) in [6.07, 6.45) is 0.549. The normalized spacial score (nSPS) is 17.0. The zero-order chi connectivity index (χ0) is 19.1. The van der Waals surface area contributed by atoms with E-state index in [1.165, 1.54) is 0 Å². The molecule has 0 radical (unpaired) electrons. The number of hydrogen-bond acceptors (Lipinski definition) is 4. The van der Waals surface area contributed by atoms with E-state index in [0.717, 1.165) is 26.8 Å². The SMILES string of the molecule is COc1c(N2CCCNC2=O)cc2c(c1I)CN(C(=O)OC(C)(C)C)C2. The standard InChI is InChI=1S/C18H24IN3O4/c1-18(2,3)26-17(24)21-9-11-8-13(22-7-5-6-20-16(22)23)15(25-4)14(19)12(11)10-21/h8H,5-7,9-10H2,1-4H3,(H,20,23). The van der Waals surface area contributed by atoms with Crippen LogP contribution in [0, 0.1) is 3.57 Å². The molecule has 2 aliphatic heterocycles. The van der Waals surface area contributed by atoms with E-state index >= 15 is 0 Å². The average Bonchev–Trinajstić information content (AvgIpc) is 2.98. The number of amides is 3. The Labute approximate surface area is 167 Å². The number of methoxy groups -OCH3 is 1. The van der Waals surface area contributed by atoms with E-state index in [9.17, 15) is 9.59 Å². The summed E-state index contributed by atoms with van der Waals surface area (Å²) in [5.74, 6) is 0.674. The molecule has 1 aromatic rings. The van der Waals surface area contributed by atoms with Gasteiger partial charge in [-0.25, -0.2) is 9.59 Å². The molecule has 7 nitrogen and oxygen atoms in total. The summed E-state index contributed by atoms with van der Waals surface area (Å²) < 4.78 is 12.0. The third-order valence-electron chi connectivity index (χ3n) is 4.33. The van der Waals surface area contributed by atoms with Crippen molar-refractivity contribution >= 4 is 40.4 Å². The van der Waals surface area contributed by atoms with Crippen LogP contribution in [0.3, 0.4) is 0 Å². The molecule has 2 aliphatic rings. The van der Waals surface area contributed by atoms with Gasteiger partial charge in [0.2, 0.25) is 0 Å². The largest absolute Gasteiger partial charge is 0.493 e. The molecule has 1 aromatic carbocycles. The number of carbonyl (C=O) groups excluding carboxylic acids is 2. The summed E-state index contributed by atoms with van der Waals surface area (Å²) in [4.78, 5) is 28.1. The summed E-state index contributed by atoms with van der Waals surface area (Å²) in [5, 5.41) is 2.87. The third-order valence-corrected chi connectivity index (χ3v) is 5.47. The number of anilines is 1. The zero-order valence-corrected chi connectivity index (χ0v) is 17.7. The smallest absolute Gasteiger partial charge is 0.410 e. The van der Waals surface area contributed by atoms with E-state index in [1.807, 2.05) is 26.8 Å². The first-order valence-corrected chi connectivity index (χ1v) is 9.70. The van der Waals surface area contributed by atoms with E-state index in [4.69, 9.17) is 9.47 Å². The predicted octanol–water partition coefficient (Wildman–Crippen LogP) is 3.47. The molecule has 0 unspecified atom stereocenters. The van der Waals surface area contributed by atoms with Crippen LogP contribution in [0.1, 0.15) is 38.3 Å². The molecule has 0 aromatic heterocycles. The van der Waals surface area contributed by atoms with Gasteiger partial charge in [-0.1, -0.05) is 0 Å². The first-order chi connectivity index (χ1) is 12.2. The molecule has 26 heavy (non-hydrogen) atoms. The van der Waals surface area contributed by atoms with Crippen LogP contribution in [0.4, 0.5) is 15.3 Å². The molecule has 1 N–H and O–H groups in total. The van der Waals surface area contributed by atoms with Gasteiger partial charge in [0.05, 0.1) is 22.9 Å². The van der Waals surface area contributed by atoms with Gasteiger partial charge in [-0.15, -0.1) is 0 Å². The van der Waals surface area contributed by atoms with Crippen LogP contribution in [-0.2, 0) is 17.8 Å². The van der Waals surface area contributed by atoms with Gasteiger partial charge in [0, 0.05) is 19.6 Å². The van der Waals surface area contributed by atoms with E-state index in [-0.39, 0.29) is 12.1 Å². The minimum atomic E-state index is -0.534. The quantitative estimate of drug-likeness (QED) is 0.668. The molecule has 1 saturated heterocycles. The fourth-order valence-electron chi connectivity index (χ4n) is 3.18. The Balaban J connectivity index is 1.92. The molecular formula is C18H24IN3O4. The van der Waals surface area contributed by atoms with Crippen molar-refractivity contribution in [3.05, 3.63) is 20.8 Å². The predicted molar refractivity (Wildman–Crippen MR) is 107 cm³/mol. The van der Waals surface area contributed by atoms with E-state index < -0.39 is 5.60 Å². The van der Waals surface area contributed by atoms with Crippen molar-refractivity contribution in [2.24, 2.45) is 0 Å². The van der Waals surface area contributed by atoms with Crippen molar-refractivity contribution in [1.82, 2.24) is 10.2 Å². The second kappa shape index (κ2) is 7.13. The Bertz CT molecular complexity index is 745. The Kier molecular flexibility index (Phi) is 5.23. The maximum absolute atomic E-state index is 12.4. The molecule has 2 heterocycles. The Hall–Kier alpha value is -1.71. The number of hydrogen-bond donors (Lipinski definition) is 1. The maximum atomic E-state index is 12.4. The lowest BCUT2D eigenvalue weighted by Crippen LogP contribution is -2.46. The molecule has 8 heteroatoms. The number of benzene rings is 1. The van der Waals surface area contributed by atoms with Gasteiger partial charge in [-0.3, -0.25) is 9.80 Å². The molecule has 0 aliphatic carbocycles. The van der Waals surface area contributed by atoms with Gasteiger partial charge in [0.25, 0.3) is 0 Å². The van der Waals surface area contributed by atoms with Crippen LogP contribution >= 0.6 is 22.6 Å². The van der Waals surface area contributed by atoms with Crippen LogP contribution in [0.5, 0.6) is 5.75 Å². The van der Waals surface area contributed by atoms with Crippen molar-refractivity contribution in [3.8, 4) is 5.75 Å². The van der Waals surface area contributed by atoms with Gasteiger partial charge >= 0.3 is 12.1 Å². The number of nitrogens with zero attached hydrogens (tertiary/aromatic N) is 2. The zero-order valence-electron chi connectivity index (χ0n) is 15.5. The van der Waals surface area contributed by atoms with E-state index in [1.54, 1.807) is 16.9 Å². The first-order valence-electron chi connectivity index (χ1n) is 8.63. The van der Waals surface area contributed by atoms with Crippen molar-refractivity contribution in [2.75, 3.05) is 25.1 Å². The van der Waals surface area contributed by atoms with Crippen molar-refractivity contribution in [2.45, 2.75) is 45.9 Å². The first kappa shape index (κ1) is 19.1. The molecule has 1 fully saturated rings. The minimum Gasteiger partial charge on any atom is -0.493 e. The van der Waals surface area contributed by atoms with Gasteiger partial charge < -0.3 is 14.8 Å². The fraction of sp³-hybridized carbons (Fsp3) is 0.556. The molecule has 142 valence electrons. The van der Waals surface area contributed by atoms with Gasteiger partial charge in [0.15, 0.2) is 5.75 Å². The Morgan fingerprint density at radius 1 is 1.31 bits per heavy atom. The maximum Gasteiger partial charge on any atom is 0.410 e. The van der Waals surface area contributed by atoms with Gasteiger partial charge in [-0.2, -0.15) is 0 Å². The minimum absolute atomic E-state index is 0.118. The van der Waals surface area contributed by atoms with Crippen LogP contribution in [0.25, 0.3) is 0 Å². The monoisotopic (exact) mass is 473 g/mol. The number of fused-ring (bicyclic) bond motifs is 1. The van der Waals surface area contributed by atoms with Crippen LogP contribution in [-0.4, -0.2) is 42.8 Å². The average molecular weight is 473 g/mol. The highest BCUT2D eigenvalue weighted by Gasteiger charge is 2.33. The summed E-state index contributed by atoms with van der Waals surface area (Å²) in [7, 11) is 1.61. The number of nitrogens with one attached hydrogen (secondary N) is 1. The lowest BCUT2D eigenvalue weighted by Gasteiger charge is -2.29. The van der Waals surface area contributed by atoms with Gasteiger partial charge in [-0.05, 0) is 67.0 Å². The van der Waals surface area contributed by atoms with Crippen LogP contribution in [0.2, 0.25) is 0 Å². The topological polar surface area (TPSA) is 71.1 Å². The molecule has 0 saturated carbocycles. The highest BCUT2D eigenvalue weighted by Crippen LogP contribution is 2.41. The molecule has 3 amide bonds. The summed E-state index contributed by atoms with van der Waals surface area (Å²) >= 11 is 2.23. The summed E-state index contributed by atoms with van der Waals surface area (Å²) in [6.45, 7) is 7.84. The highest BCUT2D eigenvalue weighted by atomic mass is 127. The molecule has 0 bridgehead atoms. The van der Waals surface area contributed by atoms with Crippen molar-refractivity contribution < 1.29 is 19.1 Å². The number of urea groups is 1. The second-order valence-corrected chi connectivity index (χ2v) is 8.53. The molecule has 0 spiro atoms. The second-order valence-electron chi connectivity index (χ2n) is 7.45. The van der Waals surface area contributed by atoms with E-state index in [2.05, 4.69) is 27.9 Å². The number of carbonyl (C=O) groups is 2. The van der Waals surface area contributed by atoms with Crippen molar-refractivity contribution in [1.29, 1.82) is 0 Å². The number of halogens is 1. The Morgan fingerprint density at radius 3 is 2.65 bits per heavy atom. The Morgan fingerprint density at radius 2 is 2.04 bits per heavy atom. The number of rotatable bonds is 2. The highest BCUT2D eigenvalue weighted by molar-refractivity contribution is 14.1. The molecule has 3 rings (SSSR count). The fourth-order valence-corrected chi connectivity index (χ4v) is 4.20. The lowest BCUT2D eigenvalue weighted by molar-refractivity contribution is 0.0241. The lowest BCUT2D eigenvalue weighted by atomic mass is 10.1. The van der Waals surface area contributed by atoms with Crippen LogP contribution < -0.4 is 15.0 Å². The number of ether oxygens (including phenoxy) is 2. The van der Waals surface area contributed by atoms with Gasteiger partial charge in [0.1, 0.15) is 5.60 Å². The summed E-state index contributed by atoms with van der Waals surface area (Å²) in [5.41, 5.74) is 2.29.